The third-order valence-electron chi connectivity index (χ3n) is 4.21. The molecule has 3 nitrogen and oxygen atoms in total. The van der Waals surface area contributed by atoms with Crippen molar-refractivity contribution in [2.75, 3.05) is 0 Å². The number of amides is 2. The summed E-state index contributed by atoms with van der Waals surface area (Å²) in [5.41, 5.74) is -3.24. The van der Waals surface area contributed by atoms with E-state index in [0.29, 0.717) is 11.1 Å². The Morgan fingerprint density at radius 3 is 1.46 bits per heavy atom. The SMILES string of the molecule is CC(NC(=O)N(Cc1ccccc1)Cc1ccccc1)(C(F)(F)F)C(F)(F)F. The Hall–Kier alpha value is -2.71. The molecule has 2 aromatic rings. The summed E-state index contributed by atoms with van der Waals surface area (Å²) in [5.74, 6) is 0. The van der Waals surface area contributed by atoms with Crippen molar-refractivity contribution in [3.63, 3.8) is 0 Å². The van der Waals surface area contributed by atoms with E-state index in [0.717, 1.165) is 10.2 Å². The predicted molar refractivity (Wildman–Crippen MR) is 91.2 cm³/mol. The molecular weight excluding hydrogens is 386 g/mol. The number of hydrogen-bond donors (Lipinski definition) is 1. The zero-order valence-corrected chi connectivity index (χ0v) is 14.8. The van der Waals surface area contributed by atoms with Gasteiger partial charge in [-0.2, -0.15) is 26.3 Å². The molecule has 0 unspecified atom stereocenters. The molecule has 152 valence electrons. The molecule has 0 bridgehead atoms. The number of rotatable bonds is 5. The highest BCUT2D eigenvalue weighted by Gasteiger charge is 2.68. The van der Waals surface area contributed by atoms with Gasteiger partial charge in [0.05, 0.1) is 0 Å². The van der Waals surface area contributed by atoms with Crippen LogP contribution in [-0.4, -0.2) is 28.8 Å². The zero-order chi connectivity index (χ0) is 21.0. The molecule has 1 N–H and O–H groups in total. The van der Waals surface area contributed by atoms with Crippen molar-refractivity contribution < 1.29 is 31.1 Å². The topological polar surface area (TPSA) is 32.3 Å². The van der Waals surface area contributed by atoms with E-state index in [1.54, 1.807) is 60.7 Å². The average Bonchev–Trinajstić information content (AvgIpc) is 2.61. The van der Waals surface area contributed by atoms with Crippen molar-refractivity contribution in [1.29, 1.82) is 0 Å². The molecule has 2 rings (SSSR count). The van der Waals surface area contributed by atoms with Gasteiger partial charge in [0.2, 0.25) is 5.54 Å². The minimum atomic E-state index is -5.72. The van der Waals surface area contributed by atoms with E-state index in [9.17, 15) is 31.1 Å². The van der Waals surface area contributed by atoms with Crippen LogP contribution < -0.4 is 5.32 Å². The van der Waals surface area contributed by atoms with Crippen molar-refractivity contribution in [2.24, 2.45) is 0 Å². The molecule has 0 fully saturated rings. The van der Waals surface area contributed by atoms with Crippen LogP contribution in [0.3, 0.4) is 0 Å². The maximum atomic E-state index is 13.1. The van der Waals surface area contributed by atoms with Gasteiger partial charge in [0.25, 0.3) is 0 Å². The Kier molecular flexibility index (Phi) is 6.26. The largest absolute Gasteiger partial charge is 0.420 e. The van der Waals surface area contributed by atoms with Gasteiger partial charge in [-0.25, -0.2) is 4.79 Å². The maximum absolute atomic E-state index is 13.1. The average molecular weight is 404 g/mol. The van der Waals surface area contributed by atoms with Gasteiger partial charge >= 0.3 is 18.4 Å². The molecule has 0 spiro atoms. The summed E-state index contributed by atoms with van der Waals surface area (Å²) in [7, 11) is 0. The van der Waals surface area contributed by atoms with Gasteiger partial charge in [0.1, 0.15) is 0 Å². The van der Waals surface area contributed by atoms with E-state index in [1.807, 2.05) is 0 Å². The van der Waals surface area contributed by atoms with Crippen molar-refractivity contribution in [3.8, 4) is 0 Å². The number of nitrogens with one attached hydrogen (secondary N) is 1. The molecule has 2 aromatic carbocycles. The highest BCUT2D eigenvalue weighted by molar-refractivity contribution is 5.75. The molecule has 0 saturated heterocycles. The van der Waals surface area contributed by atoms with Crippen LogP contribution in [0.5, 0.6) is 0 Å². The standard InChI is InChI=1S/C19H18F6N2O/c1-17(18(20,21)22,19(23,24)25)26-16(28)27(12-14-8-4-2-5-9-14)13-15-10-6-3-7-11-15/h2-11H,12-13H2,1H3,(H,26,28). The Bertz CT molecular complexity index is 719. The lowest BCUT2D eigenvalue weighted by atomic mass is 10.0. The summed E-state index contributed by atoms with van der Waals surface area (Å²) >= 11 is 0. The van der Waals surface area contributed by atoms with E-state index < -0.39 is 23.9 Å². The molecular formula is C19H18F6N2O. The number of carbonyl (C=O) groups excluding carboxylic acids is 1. The molecule has 0 aliphatic rings. The first-order valence-corrected chi connectivity index (χ1v) is 8.22. The van der Waals surface area contributed by atoms with Crippen LogP contribution in [-0.2, 0) is 13.1 Å². The minimum absolute atomic E-state index is 0.0892. The van der Waals surface area contributed by atoms with Gasteiger partial charge in [-0.3, -0.25) is 0 Å². The molecule has 9 heteroatoms. The van der Waals surface area contributed by atoms with E-state index >= 15 is 0 Å². The molecule has 0 aliphatic carbocycles. The molecule has 0 heterocycles. The minimum Gasteiger partial charge on any atom is -0.316 e. The number of halogens is 6. The highest BCUT2D eigenvalue weighted by atomic mass is 19.4. The molecule has 28 heavy (non-hydrogen) atoms. The van der Waals surface area contributed by atoms with Gasteiger partial charge in [-0.1, -0.05) is 60.7 Å². The fourth-order valence-corrected chi connectivity index (χ4v) is 2.40. The Morgan fingerprint density at radius 1 is 0.786 bits per heavy atom. The first-order chi connectivity index (χ1) is 12.9. The van der Waals surface area contributed by atoms with Gasteiger partial charge in [0, 0.05) is 13.1 Å². The van der Waals surface area contributed by atoms with Crippen LogP contribution in [0.2, 0.25) is 0 Å². The van der Waals surface area contributed by atoms with Crippen molar-refractivity contribution >= 4 is 6.03 Å². The second-order valence-corrected chi connectivity index (χ2v) is 6.38. The van der Waals surface area contributed by atoms with Gasteiger partial charge in [-0.05, 0) is 18.1 Å². The Balaban J connectivity index is 2.31. The molecule has 0 atom stereocenters. The third-order valence-corrected chi connectivity index (χ3v) is 4.21. The second-order valence-electron chi connectivity index (χ2n) is 6.38. The number of carbonyl (C=O) groups is 1. The molecule has 0 aromatic heterocycles. The van der Waals surface area contributed by atoms with E-state index in [4.69, 9.17) is 0 Å². The number of nitrogens with zero attached hydrogens (tertiary/aromatic N) is 1. The molecule has 2 amide bonds. The molecule has 0 radical (unpaired) electrons. The van der Waals surface area contributed by atoms with Crippen molar-refractivity contribution in [2.45, 2.75) is 37.9 Å². The number of benzene rings is 2. The summed E-state index contributed by atoms with van der Waals surface area (Å²) in [4.78, 5) is 13.4. The van der Waals surface area contributed by atoms with Crippen LogP contribution in [0, 0.1) is 0 Å². The lowest BCUT2D eigenvalue weighted by molar-refractivity contribution is -0.298. The summed E-state index contributed by atoms with van der Waals surface area (Å²) in [5, 5.41) is 1.15. The number of hydrogen-bond acceptors (Lipinski definition) is 1. The van der Waals surface area contributed by atoms with Gasteiger partial charge in [0.15, 0.2) is 0 Å². The Morgan fingerprint density at radius 2 is 1.14 bits per heavy atom. The fraction of sp³-hybridized carbons (Fsp3) is 0.316. The fourth-order valence-electron chi connectivity index (χ4n) is 2.40. The predicted octanol–water partition coefficient (Wildman–Crippen LogP) is 5.28. The summed E-state index contributed by atoms with van der Waals surface area (Å²) in [6, 6.07) is 15.1. The van der Waals surface area contributed by atoms with Crippen LogP contribution in [0.15, 0.2) is 60.7 Å². The smallest absolute Gasteiger partial charge is 0.316 e. The normalized spacial score (nSPS) is 12.5. The lowest BCUT2D eigenvalue weighted by Gasteiger charge is -2.36. The van der Waals surface area contributed by atoms with Crippen molar-refractivity contribution in [3.05, 3.63) is 71.8 Å². The molecule has 0 aliphatic heterocycles. The summed E-state index contributed by atoms with van der Waals surface area (Å²) in [6.45, 7) is -0.408. The van der Waals surface area contributed by atoms with Gasteiger partial charge < -0.3 is 10.2 Å². The quantitative estimate of drug-likeness (QED) is 0.676. The number of urea groups is 1. The molecule has 0 saturated carbocycles. The summed E-state index contributed by atoms with van der Waals surface area (Å²) < 4.78 is 78.7. The monoisotopic (exact) mass is 404 g/mol. The van der Waals surface area contributed by atoms with E-state index in [-0.39, 0.29) is 20.0 Å². The van der Waals surface area contributed by atoms with Crippen molar-refractivity contribution in [1.82, 2.24) is 10.2 Å². The van der Waals surface area contributed by atoms with E-state index in [2.05, 4.69) is 0 Å². The van der Waals surface area contributed by atoms with Crippen LogP contribution in [0.1, 0.15) is 18.1 Å². The van der Waals surface area contributed by atoms with Crippen LogP contribution in [0.4, 0.5) is 31.1 Å². The van der Waals surface area contributed by atoms with E-state index in [1.165, 1.54) is 0 Å². The lowest BCUT2D eigenvalue weighted by Crippen LogP contribution is -2.67. The number of alkyl halides is 6. The first-order valence-electron chi connectivity index (χ1n) is 8.22. The summed E-state index contributed by atoms with van der Waals surface area (Å²) in [6.07, 6.45) is -11.4. The Labute approximate surface area is 158 Å². The zero-order valence-electron chi connectivity index (χ0n) is 14.8. The second kappa shape index (κ2) is 8.12. The van der Waals surface area contributed by atoms with Crippen LogP contribution in [0.25, 0.3) is 0 Å². The first kappa shape index (κ1) is 21.6. The van der Waals surface area contributed by atoms with Crippen LogP contribution >= 0.6 is 0 Å². The maximum Gasteiger partial charge on any atom is 0.420 e. The third kappa shape index (κ3) is 4.96. The highest BCUT2D eigenvalue weighted by Crippen LogP contribution is 2.42. The van der Waals surface area contributed by atoms with Gasteiger partial charge in [-0.15, -0.1) is 0 Å².